The van der Waals surface area contributed by atoms with Gasteiger partial charge in [0.25, 0.3) is 0 Å². The number of benzene rings is 2. The molecule has 2 aromatic carbocycles. The second-order valence-electron chi connectivity index (χ2n) is 7.28. The number of ether oxygens (including phenoxy) is 3. The van der Waals surface area contributed by atoms with Gasteiger partial charge in [0.15, 0.2) is 0 Å². The van der Waals surface area contributed by atoms with Gasteiger partial charge in [-0.3, -0.25) is 4.79 Å². The molecule has 0 radical (unpaired) electrons. The maximum absolute atomic E-state index is 12.0. The normalized spacial score (nSPS) is 10.8. The summed E-state index contributed by atoms with van der Waals surface area (Å²) in [6.07, 6.45) is 9.74. The maximum atomic E-state index is 12.0. The van der Waals surface area contributed by atoms with Crippen molar-refractivity contribution in [3.63, 3.8) is 0 Å². The first-order valence-corrected chi connectivity index (χ1v) is 11.0. The molecule has 0 aliphatic heterocycles. The highest BCUT2D eigenvalue weighted by Gasteiger charge is 2.06. The summed E-state index contributed by atoms with van der Waals surface area (Å²) in [5.74, 6) is 0.912. The van der Waals surface area contributed by atoms with Crippen LogP contribution in [-0.2, 0) is 9.59 Å². The number of unbranched alkanes of at least 4 members (excludes halogenated alkanes) is 4. The van der Waals surface area contributed by atoms with E-state index in [-0.39, 0.29) is 5.97 Å². The van der Waals surface area contributed by atoms with E-state index in [1.807, 2.05) is 24.3 Å². The second-order valence-corrected chi connectivity index (χ2v) is 7.28. The van der Waals surface area contributed by atoms with Gasteiger partial charge in [0.2, 0.25) is 0 Å². The molecule has 31 heavy (non-hydrogen) atoms. The van der Waals surface area contributed by atoms with Crippen molar-refractivity contribution in [1.82, 2.24) is 0 Å². The van der Waals surface area contributed by atoms with Crippen LogP contribution < -0.4 is 14.2 Å². The Kier molecular flexibility index (Phi) is 10.9. The van der Waals surface area contributed by atoms with Crippen LogP contribution in [0.3, 0.4) is 0 Å². The zero-order valence-corrected chi connectivity index (χ0v) is 18.5. The third-order valence-corrected chi connectivity index (χ3v) is 4.57. The molecule has 0 spiro atoms. The van der Waals surface area contributed by atoms with E-state index in [4.69, 9.17) is 14.2 Å². The number of rotatable bonds is 13. The highest BCUT2D eigenvalue weighted by molar-refractivity contribution is 5.88. The number of hydrogen-bond acceptors (Lipinski definition) is 5. The van der Waals surface area contributed by atoms with Crippen molar-refractivity contribution in [2.75, 3.05) is 6.61 Å². The van der Waals surface area contributed by atoms with Crippen LogP contribution in [0.5, 0.6) is 17.2 Å². The highest BCUT2D eigenvalue weighted by Crippen LogP contribution is 2.19. The summed E-state index contributed by atoms with van der Waals surface area (Å²) < 4.78 is 16.2. The molecule has 0 N–H and O–H groups in total. The molecule has 5 nitrogen and oxygen atoms in total. The van der Waals surface area contributed by atoms with E-state index >= 15 is 0 Å². The van der Waals surface area contributed by atoms with Crippen LogP contribution in [0.2, 0.25) is 0 Å². The highest BCUT2D eigenvalue weighted by atomic mass is 16.5. The maximum Gasteiger partial charge on any atom is 0.336 e. The molecule has 0 heterocycles. The monoisotopic (exact) mass is 424 g/mol. The summed E-state index contributed by atoms with van der Waals surface area (Å²) in [7, 11) is 0. The van der Waals surface area contributed by atoms with Gasteiger partial charge in [-0.05, 0) is 60.9 Å². The Labute approximate surface area is 185 Å². The summed E-state index contributed by atoms with van der Waals surface area (Å²) in [6, 6.07) is 14.0. The van der Waals surface area contributed by atoms with E-state index in [2.05, 4.69) is 13.8 Å². The quantitative estimate of drug-likeness (QED) is 0.162. The van der Waals surface area contributed by atoms with Crippen molar-refractivity contribution >= 4 is 18.0 Å². The van der Waals surface area contributed by atoms with Crippen molar-refractivity contribution in [2.45, 2.75) is 58.8 Å². The van der Waals surface area contributed by atoms with Crippen LogP contribution in [0, 0.1) is 0 Å². The van der Waals surface area contributed by atoms with Crippen molar-refractivity contribution < 1.29 is 23.8 Å². The van der Waals surface area contributed by atoms with Gasteiger partial charge in [0.1, 0.15) is 17.2 Å². The zero-order valence-electron chi connectivity index (χ0n) is 18.5. The molecule has 0 aliphatic carbocycles. The van der Waals surface area contributed by atoms with E-state index in [0.29, 0.717) is 24.5 Å². The topological polar surface area (TPSA) is 61.8 Å². The third-order valence-electron chi connectivity index (χ3n) is 4.57. The molecule has 0 bridgehead atoms. The molecular weight excluding hydrogens is 392 g/mol. The van der Waals surface area contributed by atoms with Gasteiger partial charge >= 0.3 is 11.9 Å². The predicted molar refractivity (Wildman–Crippen MR) is 122 cm³/mol. The van der Waals surface area contributed by atoms with Gasteiger partial charge in [0, 0.05) is 12.5 Å². The molecular formula is C26H32O5. The van der Waals surface area contributed by atoms with Crippen molar-refractivity contribution in [1.29, 1.82) is 0 Å². The molecule has 2 rings (SSSR count). The lowest BCUT2D eigenvalue weighted by molar-refractivity contribution is -0.134. The minimum Gasteiger partial charge on any atom is -0.494 e. The van der Waals surface area contributed by atoms with Crippen molar-refractivity contribution in [3.8, 4) is 17.2 Å². The molecule has 2 aromatic rings. The average molecular weight is 425 g/mol. The van der Waals surface area contributed by atoms with Crippen LogP contribution in [-0.4, -0.2) is 18.5 Å². The predicted octanol–water partition coefficient (Wildman–Crippen LogP) is 6.36. The van der Waals surface area contributed by atoms with E-state index in [9.17, 15) is 9.59 Å². The lowest BCUT2D eigenvalue weighted by Crippen LogP contribution is -2.07. The number of esters is 2. The van der Waals surface area contributed by atoms with Crippen LogP contribution in [0.25, 0.3) is 6.08 Å². The van der Waals surface area contributed by atoms with E-state index in [0.717, 1.165) is 43.4 Å². The number of carbonyl (C=O) groups excluding carboxylic acids is 2. The fourth-order valence-electron chi connectivity index (χ4n) is 2.81. The lowest BCUT2D eigenvalue weighted by atomic mass is 10.2. The van der Waals surface area contributed by atoms with E-state index in [1.165, 1.54) is 12.5 Å². The van der Waals surface area contributed by atoms with Crippen molar-refractivity contribution in [3.05, 3.63) is 60.2 Å². The van der Waals surface area contributed by atoms with E-state index < -0.39 is 5.97 Å². The summed E-state index contributed by atoms with van der Waals surface area (Å²) in [5.41, 5.74) is 0.878. The Balaban J connectivity index is 1.77. The Morgan fingerprint density at radius 1 is 0.742 bits per heavy atom. The third kappa shape index (κ3) is 9.98. The zero-order chi connectivity index (χ0) is 22.3. The Bertz CT molecular complexity index is 822. The first-order valence-electron chi connectivity index (χ1n) is 11.0. The first-order chi connectivity index (χ1) is 15.1. The molecule has 5 heteroatoms. The second kappa shape index (κ2) is 14.0. The molecule has 0 unspecified atom stereocenters. The van der Waals surface area contributed by atoms with Crippen LogP contribution in [0.4, 0.5) is 0 Å². The SMILES string of the molecule is CCCCCOc1ccc(C=CC(=O)Oc2ccc(OC(=O)CCCCC)cc2)cc1. The smallest absolute Gasteiger partial charge is 0.336 e. The van der Waals surface area contributed by atoms with Gasteiger partial charge in [-0.25, -0.2) is 4.79 Å². The molecule has 166 valence electrons. The van der Waals surface area contributed by atoms with Crippen LogP contribution in [0.15, 0.2) is 54.6 Å². The molecule has 0 amide bonds. The summed E-state index contributed by atoms with van der Waals surface area (Å²) >= 11 is 0. The molecule has 0 atom stereocenters. The van der Waals surface area contributed by atoms with Crippen LogP contribution in [0.1, 0.15) is 64.4 Å². The minimum absolute atomic E-state index is 0.251. The summed E-state index contributed by atoms with van der Waals surface area (Å²) in [5, 5.41) is 0. The van der Waals surface area contributed by atoms with Crippen molar-refractivity contribution in [2.24, 2.45) is 0 Å². The van der Waals surface area contributed by atoms with Gasteiger partial charge in [-0.1, -0.05) is 51.7 Å². The summed E-state index contributed by atoms with van der Waals surface area (Å²) in [6.45, 7) is 4.96. The Morgan fingerprint density at radius 2 is 1.32 bits per heavy atom. The summed E-state index contributed by atoms with van der Waals surface area (Å²) in [4.78, 5) is 23.8. The fraction of sp³-hybridized carbons (Fsp3) is 0.385. The molecule has 0 aromatic heterocycles. The fourth-order valence-corrected chi connectivity index (χ4v) is 2.81. The molecule has 0 aliphatic rings. The Morgan fingerprint density at radius 3 is 1.97 bits per heavy atom. The van der Waals surface area contributed by atoms with Gasteiger partial charge < -0.3 is 14.2 Å². The molecule has 0 fully saturated rings. The Hall–Kier alpha value is -3.08. The minimum atomic E-state index is -0.482. The molecule has 0 saturated carbocycles. The molecule has 0 saturated heterocycles. The van der Waals surface area contributed by atoms with Crippen LogP contribution >= 0.6 is 0 Å². The standard InChI is InChI=1S/C26H32O5/c1-3-5-7-9-25(27)30-23-15-17-24(18-16-23)31-26(28)19-12-21-10-13-22(14-11-21)29-20-8-6-4-2/h10-19H,3-9,20H2,1-2H3. The van der Waals surface area contributed by atoms with E-state index in [1.54, 1.807) is 30.3 Å². The van der Waals surface area contributed by atoms with Gasteiger partial charge in [0.05, 0.1) is 6.61 Å². The first kappa shape index (κ1) is 24.2. The largest absolute Gasteiger partial charge is 0.494 e. The number of carbonyl (C=O) groups is 2. The van der Waals surface area contributed by atoms with Gasteiger partial charge in [-0.15, -0.1) is 0 Å². The lowest BCUT2D eigenvalue weighted by Gasteiger charge is -2.06. The van der Waals surface area contributed by atoms with Gasteiger partial charge in [-0.2, -0.15) is 0 Å². The number of hydrogen-bond donors (Lipinski definition) is 0. The average Bonchev–Trinajstić information content (AvgIpc) is 2.78.